The molecule has 16 heavy (non-hydrogen) atoms. The van der Waals surface area contributed by atoms with Crippen molar-refractivity contribution < 1.29 is 9.84 Å². The Morgan fingerprint density at radius 2 is 2.06 bits per heavy atom. The molecule has 88 valence electrons. The monoisotopic (exact) mass is 221 g/mol. The second kappa shape index (κ2) is 4.85. The Labute approximate surface area is 96.6 Å². The lowest BCUT2D eigenvalue weighted by molar-refractivity contribution is -0.0364. The Hall–Kier alpha value is -1.06. The molecule has 1 aliphatic heterocycles. The van der Waals surface area contributed by atoms with Crippen LogP contribution in [-0.2, 0) is 4.74 Å². The number of aryl methyl sites for hydroxylation is 1. The molecule has 1 aliphatic rings. The number of hydrogen-bond donors (Lipinski definition) is 1. The van der Waals surface area contributed by atoms with E-state index in [9.17, 15) is 5.11 Å². The number of aliphatic hydroxyl groups is 1. The summed E-state index contributed by atoms with van der Waals surface area (Å²) in [5, 5.41) is 9.53. The van der Waals surface area contributed by atoms with E-state index in [1.807, 2.05) is 0 Å². The Morgan fingerprint density at radius 1 is 1.38 bits per heavy atom. The molecule has 1 heterocycles. The third-order valence-electron chi connectivity index (χ3n) is 3.03. The first-order valence-corrected chi connectivity index (χ1v) is 5.78. The molecular formula is C13H19NO2. The van der Waals surface area contributed by atoms with Gasteiger partial charge in [0.25, 0.3) is 0 Å². The van der Waals surface area contributed by atoms with Gasteiger partial charge in [0.15, 0.2) is 0 Å². The van der Waals surface area contributed by atoms with Gasteiger partial charge in [0.05, 0.1) is 12.7 Å². The Morgan fingerprint density at radius 3 is 2.69 bits per heavy atom. The minimum absolute atomic E-state index is 0.0740. The van der Waals surface area contributed by atoms with Gasteiger partial charge in [-0.3, -0.25) is 0 Å². The smallest absolute Gasteiger partial charge is 0.101 e. The van der Waals surface area contributed by atoms with Crippen LogP contribution in [0, 0.1) is 6.92 Å². The lowest BCUT2D eigenvalue weighted by atomic mass is 10.1. The van der Waals surface area contributed by atoms with E-state index in [0.717, 1.165) is 13.1 Å². The van der Waals surface area contributed by atoms with Crippen molar-refractivity contribution in [3.8, 4) is 0 Å². The zero-order valence-corrected chi connectivity index (χ0v) is 9.89. The van der Waals surface area contributed by atoms with Gasteiger partial charge in [-0.2, -0.15) is 0 Å². The molecule has 0 aromatic heterocycles. The minimum atomic E-state index is -0.409. The number of nitrogens with zero attached hydrogens (tertiary/aromatic N) is 1. The molecule has 2 atom stereocenters. The molecule has 1 aromatic carbocycles. The van der Waals surface area contributed by atoms with Crippen LogP contribution in [0.4, 0.5) is 5.69 Å². The van der Waals surface area contributed by atoms with Gasteiger partial charge in [0, 0.05) is 18.8 Å². The van der Waals surface area contributed by atoms with E-state index < -0.39 is 6.10 Å². The predicted molar refractivity (Wildman–Crippen MR) is 64.8 cm³/mol. The minimum Gasteiger partial charge on any atom is -0.391 e. The first-order chi connectivity index (χ1) is 7.66. The van der Waals surface area contributed by atoms with Crippen molar-refractivity contribution >= 4 is 5.69 Å². The number of morpholine rings is 1. The van der Waals surface area contributed by atoms with Gasteiger partial charge in [0.1, 0.15) is 6.10 Å². The molecule has 0 amide bonds. The van der Waals surface area contributed by atoms with Crippen molar-refractivity contribution in [2.45, 2.75) is 26.1 Å². The largest absolute Gasteiger partial charge is 0.391 e. The molecule has 0 aliphatic carbocycles. The molecule has 0 saturated carbocycles. The maximum Gasteiger partial charge on any atom is 0.101 e. The number of hydrogen-bond acceptors (Lipinski definition) is 3. The summed E-state index contributed by atoms with van der Waals surface area (Å²) in [5.41, 5.74) is 2.48. The average Bonchev–Trinajstić information content (AvgIpc) is 2.30. The summed E-state index contributed by atoms with van der Waals surface area (Å²) in [5.74, 6) is 0. The lowest BCUT2D eigenvalue weighted by Gasteiger charge is -2.35. The number of aliphatic hydroxyl groups excluding tert-OH is 1. The van der Waals surface area contributed by atoms with Gasteiger partial charge >= 0.3 is 0 Å². The number of rotatable bonds is 2. The number of anilines is 1. The fraction of sp³-hybridized carbons (Fsp3) is 0.538. The summed E-state index contributed by atoms with van der Waals surface area (Å²) in [4.78, 5) is 2.26. The van der Waals surface area contributed by atoms with Crippen molar-refractivity contribution in [1.29, 1.82) is 0 Å². The first-order valence-electron chi connectivity index (χ1n) is 5.78. The molecule has 3 heteroatoms. The first kappa shape index (κ1) is 11.4. The lowest BCUT2D eigenvalue weighted by Crippen LogP contribution is -2.47. The second-order valence-corrected chi connectivity index (χ2v) is 4.43. The highest BCUT2D eigenvalue weighted by Crippen LogP contribution is 2.19. The van der Waals surface area contributed by atoms with E-state index in [4.69, 9.17) is 4.74 Å². The van der Waals surface area contributed by atoms with E-state index >= 15 is 0 Å². The Kier molecular flexibility index (Phi) is 3.46. The quantitative estimate of drug-likeness (QED) is 0.823. The van der Waals surface area contributed by atoms with Gasteiger partial charge in [0.2, 0.25) is 0 Å². The average molecular weight is 221 g/mol. The summed E-state index contributed by atoms with van der Waals surface area (Å²) in [6, 6.07) is 8.48. The van der Waals surface area contributed by atoms with Crippen LogP contribution < -0.4 is 4.90 Å². The molecule has 1 N–H and O–H groups in total. The van der Waals surface area contributed by atoms with Crippen molar-refractivity contribution in [3.63, 3.8) is 0 Å². The standard InChI is InChI=1S/C13H19NO2/c1-10-3-5-12(6-4-10)14-7-8-16-13(9-14)11(2)15/h3-6,11,13,15H,7-9H2,1-2H3. The maximum atomic E-state index is 9.53. The van der Waals surface area contributed by atoms with E-state index in [1.165, 1.54) is 11.3 Å². The second-order valence-electron chi connectivity index (χ2n) is 4.43. The highest BCUT2D eigenvalue weighted by molar-refractivity contribution is 5.47. The van der Waals surface area contributed by atoms with Gasteiger partial charge in [-0.15, -0.1) is 0 Å². The van der Waals surface area contributed by atoms with E-state index in [1.54, 1.807) is 6.92 Å². The molecular weight excluding hydrogens is 202 g/mol. The Balaban J connectivity index is 2.06. The van der Waals surface area contributed by atoms with E-state index in [-0.39, 0.29) is 6.10 Å². The van der Waals surface area contributed by atoms with Crippen molar-refractivity contribution in [1.82, 2.24) is 0 Å². The highest BCUT2D eigenvalue weighted by atomic mass is 16.5. The zero-order valence-electron chi connectivity index (χ0n) is 9.89. The number of benzene rings is 1. The summed E-state index contributed by atoms with van der Waals surface area (Å²) in [6.45, 7) is 6.21. The van der Waals surface area contributed by atoms with Gasteiger partial charge in [-0.05, 0) is 26.0 Å². The molecule has 0 radical (unpaired) electrons. The van der Waals surface area contributed by atoms with Gasteiger partial charge in [-0.1, -0.05) is 17.7 Å². The van der Waals surface area contributed by atoms with Crippen LogP contribution in [0.2, 0.25) is 0 Å². The summed E-state index contributed by atoms with van der Waals surface area (Å²) in [7, 11) is 0. The molecule has 1 fully saturated rings. The normalized spacial score (nSPS) is 23.2. The van der Waals surface area contributed by atoms with Crippen LogP contribution in [0.5, 0.6) is 0 Å². The maximum absolute atomic E-state index is 9.53. The fourth-order valence-electron chi connectivity index (χ4n) is 1.96. The van der Waals surface area contributed by atoms with Crippen LogP contribution in [0.1, 0.15) is 12.5 Å². The van der Waals surface area contributed by atoms with Crippen molar-refractivity contribution in [2.24, 2.45) is 0 Å². The Bertz CT molecular complexity index is 334. The third-order valence-corrected chi connectivity index (χ3v) is 3.03. The molecule has 2 unspecified atom stereocenters. The van der Waals surface area contributed by atoms with Crippen molar-refractivity contribution in [2.75, 3.05) is 24.6 Å². The zero-order chi connectivity index (χ0) is 11.5. The van der Waals surface area contributed by atoms with Crippen LogP contribution in [0.15, 0.2) is 24.3 Å². The summed E-state index contributed by atoms with van der Waals surface area (Å²) in [6.07, 6.45) is -0.483. The molecule has 3 nitrogen and oxygen atoms in total. The SMILES string of the molecule is Cc1ccc(N2CCOC(C(C)O)C2)cc1. The van der Waals surface area contributed by atoms with E-state index in [2.05, 4.69) is 36.1 Å². The van der Waals surface area contributed by atoms with Crippen LogP contribution >= 0.6 is 0 Å². The van der Waals surface area contributed by atoms with Crippen LogP contribution in [0.25, 0.3) is 0 Å². The molecule has 1 aromatic rings. The van der Waals surface area contributed by atoms with Crippen LogP contribution in [-0.4, -0.2) is 37.0 Å². The molecule has 0 bridgehead atoms. The van der Waals surface area contributed by atoms with Gasteiger partial charge in [-0.25, -0.2) is 0 Å². The van der Waals surface area contributed by atoms with Crippen molar-refractivity contribution in [3.05, 3.63) is 29.8 Å². The molecule has 0 spiro atoms. The molecule has 2 rings (SSSR count). The van der Waals surface area contributed by atoms with E-state index in [0.29, 0.717) is 6.61 Å². The third kappa shape index (κ3) is 2.54. The highest BCUT2D eigenvalue weighted by Gasteiger charge is 2.24. The summed E-state index contributed by atoms with van der Waals surface area (Å²) >= 11 is 0. The fourth-order valence-corrected chi connectivity index (χ4v) is 1.96. The predicted octanol–water partition coefficient (Wildman–Crippen LogP) is 1.58. The van der Waals surface area contributed by atoms with Gasteiger partial charge < -0.3 is 14.7 Å². The molecule has 1 saturated heterocycles. The van der Waals surface area contributed by atoms with Crippen LogP contribution in [0.3, 0.4) is 0 Å². The topological polar surface area (TPSA) is 32.7 Å². The number of ether oxygens (including phenoxy) is 1. The summed E-state index contributed by atoms with van der Waals surface area (Å²) < 4.78 is 5.52.